The Bertz CT molecular complexity index is 2780. The van der Waals surface area contributed by atoms with E-state index in [1.807, 2.05) is 11.8 Å². The molecule has 2 saturated heterocycles. The van der Waals surface area contributed by atoms with Crippen LogP contribution in [0.3, 0.4) is 0 Å². The van der Waals surface area contributed by atoms with Gasteiger partial charge in [-0.05, 0) is 110 Å². The van der Waals surface area contributed by atoms with Crippen molar-refractivity contribution in [3.8, 4) is 0 Å². The zero-order valence-corrected chi connectivity index (χ0v) is 47.7. The van der Waals surface area contributed by atoms with Crippen LogP contribution in [0, 0.1) is 0 Å². The molecule has 10 rings (SSSR count). The van der Waals surface area contributed by atoms with Crippen LogP contribution in [0.5, 0.6) is 0 Å². The molecule has 0 aliphatic carbocycles. The zero-order chi connectivity index (χ0) is 65.1. The van der Waals surface area contributed by atoms with Crippen LogP contribution in [0.25, 0.3) is 0 Å². The molecule has 458 valence electrons. The molecule has 2 aliphatic heterocycles. The molecule has 88 heavy (non-hydrogen) atoms. The molecule has 0 unspecified atom stereocenters. The fourth-order valence-corrected chi connectivity index (χ4v) is 8.45. The maximum Gasteiger partial charge on any atom is 0.335 e. The highest BCUT2D eigenvalue weighted by Crippen LogP contribution is 2.33. The average molecular weight is 1220 g/mol. The molecule has 8 aromatic carbocycles. The van der Waals surface area contributed by atoms with Gasteiger partial charge in [0.15, 0.2) is 0 Å². The van der Waals surface area contributed by atoms with Crippen molar-refractivity contribution in [2.75, 3.05) is 5.75 Å². The molecular weight excluding hydrogens is 1160 g/mol. The van der Waals surface area contributed by atoms with Crippen molar-refractivity contribution in [2.45, 2.75) is 43.0 Å². The van der Waals surface area contributed by atoms with Gasteiger partial charge in [-0.1, -0.05) is 152 Å². The number of hydrogen-bond acceptors (Lipinski definition) is 11. The van der Waals surface area contributed by atoms with Gasteiger partial charge in [0.2, 0.25) is 0 Å². The van der Waals surface area contributed by atoms with E-state index in [4.69, 9.17) is 46.0 Å². The molecular formula is C66H64N2O19S. The van der Waals surface area contributed by atoms with Crippen LogP contribution in [0.2, 0.25) is 0 Å². The third kappa shape index (κ3) is 31.9. The summed E-state index contributed by atoms with van der Waals surface area (Å²) < 4.78 is 0. The lowest BCUT2D eigenvalue weighted by molar-refractivity contribution is -0.137. The smallest absolute Gasteiger partial charge is 0.335 e. The number of carbonyl (C=O) groups is 10. The zero-order valence-electron chi connectivity index (χ0n) is 46.9. The van der Waals surface area contributed by atoms with Gasteiger partial charge in [0.1, 0.15) is 0 Å². The van der Waals surface area contributed by atoms with E-state index in [2.05, 4.69) is 10.6 Å². The topological polar surface area (TPSA) is 377 Å². The Morgan fingerprint density at radius 1 is 0.318 bits per heavy atom. The lowest BCUT2D eigenvalue weighted by Gasteiger charge is -2.16. The Kier molecular flexibility index (Phi) is 35.1. The number of amides is 2. The third-order valence-electron chi connectivity index (χ3n) is 11.2. The lowest BCUT2D eigenvalue weighted by atomic mass is 10.0. The predicted octanol–water partition coefficient (Wildman–Crippen LogP) is 11.9. The van der Waals surface area contributed by atoms with E-state index < -0.39 is 53.7 Å². The molecule has 0 saturated carbocycles. The minimum atomic E-state index is -0.879. The predicted molar refractivity (Wildman–Crippen MR) is 329 cm³/mol. The number of rotatable bonds is 13. The molecule has 0 bridgehead atoms. The summed E-state index contributed by atoms with van der Waals surface area (Å²) in [6.45, 7) is 0. The van der Waals surface area contributed by atoms with E-state index in [9.17, 15) is 47.9 Å². The van der Waals surface area contributed by atoms with E-state index >= 15 is 0 Å². The van der Waals surface area contributed by atoms with E-state index in [0.717, 1.165) is 25.0 Å². The summed E-state index contributed by atoms with van der Waals surface area (Å²) in [5.41, 5.74) is 2.65. The normalized spacial score (nSPS) is 13.1. The minimum absolute atomic E-state index is 0.0640. The van der Waals surface area contributed by atoms with Crippen LogP contribution in [-0.4, -0.2) is 129 Å². The first-order valence-electron chi connectivity index (χ1n) is 26.3. The summed E-state index contributed by atoms with van der Waals surface area (Å²) in [5.74, 6) is -6.80. The second kappa shape index (κ2) is 42.4. The van der Waals surface area contributed by atoms with Crippen LogP contribution in [-0.2, 0) is 4.79 Å². The summed E-state index contributed by atoms with van der Waals surface area (Å²) in [7, 11) is 0. The van der Waals surface area contributed by atoms with Crippen LogP contribution in [0.15, 0.2) is 243 Å². The second-order valence-corrected chi connectivity index (χ2v) is 18.9. The monoisotopic (exact) mass is 1220 g/mol. The summed E-state index contributed by atoms with van der Waals surface area (Å²) in [4.78, 5) is 103. The van der Waals surface area contributed by atoms with Gasteiger partial charge in [0.25, 0.3) is 0 Å². The maximum absolute atomic E-state index is 11.1. The molecule has 2 fully saturated rings. The van der Waals surface area contributed by atoms with E-state index in [1.165, 1.54) is 0 Å². The third-order valence-corrected chi connectivity index (χ3v) is 12.7. The van der Waals surface area contributed by atoms with Crippen LogP contribution in [0.4, 0.5) is 4.79 Å². The number of carboxylic acid groups (broad SMARTS) is 9. The number of thioether (sulfide) groups is 1. The Morgan fingerprint density at radius 2 is 0.523 bits per heavy atom. The van der Waals surface area contributed by atoms with Crippen LogP contribution < -0.4 is 10.6 Å². The molecule has 2 aliphatic rings. The summed E-state index contributed by atoms with van der Waals surface area (Å²) in [6.07, 6.45) is 2.88. The number of hydrogen-bond donors (Lipinski definition) is 11. The number of aromatic carboxylic acids is 8. The fourth-order valence-electron chi connectivity index (χ4n) is 6.91. The Morgan fingerprint density at radius 3 is 0.693 bits per heavy atom. The van der Waals surface area contributed by atoms with E-state index in [0.29, 0.717) is 49.8 Å². The molecule has 2 amide bonds. The fraction of sp³-hybridized carbons (Fsp3) is 0.121. The highest BCUT2D eigenvalue weighted by Gasteiger charge is 2.42. The van der Waals surface area contributed by atoms with Gasteiger partial charge in [-0.3, -0.25) is 4.79 Å². The van der Waals surface area contributed by atoms with Gasteiger partial charge in [-0.25, -0.2) is 43.2 Å². The van der Waals surface area contributed by atoms with Gasteiger partial charge in [-0.2, -0.15) is 11.8 Å². The number of carbonyl (C=O) groups excluding carboxylic acids is 1. The second-order valence-electron chi connectivity index (χ2n) is 17.6. The van der Waals surface area contributed by atoms with Crippen molar-refractivity contribution in [1.29, 1.82) is 0 Å². The van der Waals surface area contributed by atoms with Crippen molar-refractivity contribution < 1.29 is 93.9 Å². The highest BCUT2D eigenvalue weighted by atomic mass is 32.2. The molecule has 11 N–H and O–H groups in total. The molecule has 22 heteroatoms. The number of fused-ring (bicyclic) bond motifs is 1. The summed E-state index contributed by atoms with van der Waals surface area (Å²) in [5, 5.41) is 81.9. The number of aliphatic carboxylic acids is 1. The lowest BCUT2D eigenvalue weighted by Crippen LogP contribution is -2.36. The van der Waals surface area contributed by atoms with E-state index in [-0.39, 0.29) is 24.5 Å². The Labute approximate surface area is 509 Å². The standard InChI is InChI=1S/C10H16N2O3S.8C7H6O2/c13-8(14)4-2-1-3-7-9-6(5-16-7)11-10(15)12-9;8*8-7(9)6-4-2-1-3-5-6/h6-7,9H,1-5H2,(H,13,14)(H2,11,12,15);8*1-5H,(H,8,9)/t6-,7-,9-;;;;;;;;/m0......../s1. The quantitative estimate of drug-likeness (QED) is 0.0377. The molecule has 0 spiro atoms. The molecule has 3 atom stereocenters. The van der Waals surface area contributed by atoms with Gasteiger partial charge < -0.3 is 56.6 Å². The van der Waals surface area contributed by atoms with E-state index in [1.54, 1.807) is 243 Å². The van der Waals surface area contributed by atoms with Gasteiger partial charge >= 0.3 is 59.8 Å². The van der Waals surface area contributed by atoms with Crippen LogP contribution >= 0.6 is 11.8 Å². The van der Waals surface area contributed by atoms with Crippen molar-refractivity contribution in [3.05, 3.63) is 287 Å². The number of carboxylic acids is 9. The molecule has 2 heterocycles. The van der Waals surface area contributed by atoms with Crippen molar-refractivity contribution in [1.82, 2.24) is 10.6 Å². The van der Waals surface area contributed by atoms with Gasteiger partial charge in [0.05, 0.1) is 56.6 Å². The number of benzene rings is 8. The first-order chi connectivity index (χ1) is 42.1. The molecule has 0 aromatic heterocycles. The molecule has 21 nitrogen and oxygen atoms in total. The Balaban J connectivity index is 0.000000340. The molecule has 0 radical (unpaired) electrons. The largest absolute Gasteiger partial charge is 0.481 e. The van der Waals surface area contributed by atoms with Crippen molar-refractivity contribution in [3.63, 3.8) is 0 Å². The number of unbranched alkanes of at least 4 members (excludes halogenated alkanes) is 1. The SMILES string of the molecule is O=C(O)CCCC[C@@H]1SC[C@@H]2NC(=O)N[C@@H]21.O=C(O)c1ccccc1.O=C(O)c1ccccc1.O=C(O)c1ccccc1.O=C(O)c1ccccc1.O=C(O)c1ccccc1.O=C(O)c1ccccc1.O=C(O)c1ccccc1.O=C(O)c1ccccc1. The minimum Gasteiger partial charge on any atom is -0.481 e. The highest BCUT2D eigenvalue weighted by molar-refractivity contribution is 8.00. The average Bonchev–Trinajstić information content (AvgIpc) is 3.90. The first kappa shape index (κ1) is 72.7. The first-order valence-corrected chi connectivity index (χ1v) is 27.3. The van der Waals surface area contributed by atoms with Crippen molar-refractivity contribution in [2.24, 2.45) is 0 Å². The van der Waals surface area contributed by atoms with Gasteiger partial charge in [-0.15, -0.1) is 0 Å². The summed E-state index contributed by atoms with van der Waals surface area (Å²) in [6, 6.07) is 66.8. The maximum atomic E-state index is 11.1. The number of nitrogens with one attached hydrogen (secondary N) is 2. The number of urea groups is 1. The van der Waals surface area contributed by atoms with Gasteiger partial charge in [0, 0.05) is 17.4 Å². The Hall–Kier alpha value is -11.4. The van der Waals surface area contributed by atoms with Crippen LogP contribution in [0.1, 0.15) is 109 Å². The molecule has 8 aromatic rings. The summed E-state index contributed by atoms with van der Waals surface area (Å²) >= 11 is 1.87. The van der Waals surface area contributed by atoms with Crippen molar-refractivity contribution >= 4 is 71.5 Å².